The predicted molar refractivity (Wildman–Crippen MR) is 212 cm³/mol. The zero-order valence-corrected chi connectivity index (χ0v) is 29.1. The largest absolute Gasteiger partial charge is 0.228 e. The number of benzene rings is 6. The summed E-state index contributed by atoms with van der Waals surface area (Å²) in [6.45, 7) is 0. The minimum atomic E-state index is 0.392. The first-order valence-corrected chi connectivity index (χ1v) is 18.7. The first kappa shape index (κ1) is 30.3. The smallest absolute Gasteiger partial charge is 0.164 e. The van der Waals surface area contributed by atoms with Gasteiger partial charge in [0.25, 0.3) is 0 Å². The van der Waals surface area contributed by atoms with Crippen LogP contribution < -0.4 is 0 Å². The van der Waals surface area contributed by atoms with Crippen molar-refractivity contribution in [3.63, 3.8) is 0 Å². The van der Waals surface area contributed by atoms with Crippen LogP contribution >= 0.6 is 0 Å². The molecule has 53 heavy (non-hydrogen) atoms. The summed E-state index contributed by atoms with van der Waals surface area (Å²) in [5, 5.41) is 2.08. The molecular formula is C48H35N5. The Hall–Kier alpha value is -6.33. The van der Waals surface area contributed by atoms with Gasteiger partial charge in [0, 0.05) is 33.4 Å². The molecule has 252 valence electrons. The fourth-order valence-corrected chi connectivity index (χ4v) is 9.68. The van der Waals surface area contributed by atoms with Gasteiger partial charge in [-0.1, -0.05) is 146 Å². The lowest BCUT2D eigenvalue weighted by molar-refractivity contribution is -0.219. The quantitative estimate of drug-likeness (QED) is 0.167. The third-order valence-corrected chi connectivity index (χ3v) is 12.1. The van der Waals surface area contributed by atoms with Gasteiger partial charge in [-0.25, -0.2) is 24.9 Å². The average molecular weight is 682 g/mol. The summed E-state index contributed by atoms with van der Waals surface area (Å²) >= 11 is 0. The molecule has 0 N–H and O–H groups in total. The SMILES string of the molecule is c1ccc(-c2cc(-c3cccc(C45CC6CC(C4)C65)c3)nc(-c3cccc4c(-c5nc(-c6ccccc6)nc(-c6ccccc6)n5)cccc34)n2)cc1. The topological polar surface area (TPSA) is 64.5 Å². The van der Waals surface area contributed by atoms with E-state index in [4.69, 9.17) is 24.9 Å². The molecule has 0 bridgehead atoms. The highest BCUT2D eigenvalue weighted by molar-refractivity contribution is 6.03. The van der Waals surface area contributed by atoms with E-state index < -0.39 is 0 Å². The summed E-state index contributed by atoms with van der Waals surface area (Å²) in [6.07, 6.45) is 4.15. The van der Waals surface area contributed by atoms with Crippen molar-refractivity contribution >= 4 is 10.8 Å². The highest BCUT2D eigenvalue weighted by Crippen LogP contribution is 2.77. The van der Waals surface area contributed by atoms with Crippen molar-refractivity contribution in [2.24, 2.45) is 17.8 Å². The summed E-state index contributed by atoms with van der Waals surface area (Å²) in [7, 11) is 0. The molecule has 8 aromatic rings. The maximum absolute atomic E-state index is 5.33. The van der Waals surface area contributed by atoms with Gasteiger partial charge < -0.3 is 0 Å². The van der Waals surface area contributed by atoms with Crippen LogP contribution in [-0.4, -0.2) is 24.9 Å². The van der Waals surface area contributed by atoms with Gasteiger partial charge in [-0.15, -0.1) is 0 Å². The monoisotopic (exact) mass is 681 g/mol. The van der Waals surface area contributed by atoms with Crippen molar-refractivity contribution in [1.82, 2.24) is 24.9 Å². The summed E-state index contributed by atoms with van der Waals surface area (Å²) in [5.41, 5.74) is 9.74. The molecule has 3 saturated carbocycles. The number of hydrogen-bond donors (Lipinski definition) is 0. The van der Waals surface area contributed by atoms with Crippen LogP contribution in [0.1, 0.15) is 24.8 Å². The van der Waals surface area contributed by atoms with E-state index in [1.165, 1.54) is 24.8 Å². The van der Waals surface area contributed by atoms with E-state index in [-0.39, 0.29) is 0 Å². The summed E-state index contributed by atoms with van der Waals surface area (Å²) in [4.78, 5) is 25.6. The third-order valence-electron chi connectivity index (χ3n) is 12.1. The van der Waals surface area contributed by atoms with Crippen molar-refractivity contribution in [1.29, 1.82) is 0 Å². The van der Waals surface area contributed by atoms with E-state index in [0.29, 0.717) is 28.7 Å². The van der Waals surface area contributed by atoms with Gasteiger partial charge in [0.15, 0.2) is 23.3 Å². The maximum Gasteiger partial charge on any atom is 0.164 e. The molecule has 2 heterocycles. The van der Waals surface area contributed by atoms with Gasteiger partial charge in [-0.2, -0.15) is 0 Å². The van der Waals surface area contributed by atoms with E-state index in [1.807, 2.05) is 66.7 Å². The van der Waals surface area contributed by atoms with Crippen LogP contribution in [0.5, 0.6) is 0 Å². The lowest BCUT2D eigenvalue weighted by Gasteiger charge is -2.76. The second kappa shape index (κ2) is 11.9. The molecule has 5 heteroatoms. The normalized spacial score (nSPS) is 20.9. The van der Waals surface area contributed by atoms with Crippen LogP contribution in [0.25, 0.3) is 78.8 Å². The zero-order valence-electron chi connectivity index (χ0n) is 29.1. The second-order valence-corrected chi connectivity index (χ2v) is 15.0. The highest BCUT2D eigenvalue weighted by Gasteiger charge is 2.71. The van der Waals surface area contributed by atoms with Gasteiger partial charge in [0.05, 0.1) is 11.4 Å². The van der Waals surface area contributed by atoms with E-state index in [9.17, 15) is 0 Å². The lowest BCUT2D eigenvalue weighted by Crippen LogP contribution is -2.71. The minimum absolute atomic E-state index is 0.392. The molecule has 11 rings (SSSR count). The molecule has 2 unspecified atom stereocenters. The van der Waals surface area contributed by atoms with Crippen LogP contribution in [0.15, 0.2) is 158 Å². The van der Waals surface area contributed by atoms with Gasteiger partial charge >= 0.3 is 0 Å². The Labute approximate surface area is 308 Å². The van der Waals surface area contributed by atoms with Gasteiger partial charge in [-0.3, -0.25) is 0 Å². The molecule has 3 aliphatic rings. The van der Waals surface area contributed by atoms with Crippen LogP contribution in [0.4, 0.5) is 0 Å². The van der Waals surface area contributed by atoms with Crippen molar-refractivity contribution in [2.75, 3.05) is 0 Å². The lowest BCUT2D eigenvalue weighted by atomic mass is 9.28. The van der Waals surface area contributed by atoms with Crippen molar-refractivity contribution in [2.45, 2.75) is 24.7 Å². The van der Waals surface area contributed by atoms with Crippen LogP contribution in [-0.2, 0) is 5.41 Å². The van der Waals surface area contributed by atoms with Crippen LogP contribution in [0.2, 0.25) is 0 Å². The average Bonchev–Trinajstić information content (AvgIpc) is 3.23. The molecule has 2 atom stereocenters. The summed E-state index contributed by atoms with van der Waals surface area (Å²) in [6, 6.07) is 54.7. The van der Waals surface area contributed by atoms with E-state index in [0.717, 1.165) is 73.3 Å². The standard InChI is InChI=1S/C48H35N5/c1-4-13-30(14-5-1)41-27-42(33-19-10-20-36(26-33)48-28-34-25-35(29-48)43(34)48)50-46(49-41)39-23-11-22-38-37(39)21-12-24-40(38)47-52-44(31-15-6-2-7-16-31)51-45(53-47)32-17-8-3-9-18-32/h1-24,26-27,34-35,43H,25,28-29H2. The van der Waals surface area contributed by atoms with Crippen molar-refractivity contribution < 1.29 is 0 Å². The Morgan fingerprint density at radius 3 is 1.42 bits per heavy atom. The first-order chi connectivity index (χ1) is 26.2. The summed E-state index contributed by atoms with van der Waals surface area (Å²) < 4.78 is 0. The van der Waals surface area contributed by atoms with E-state index >= 15 is 0 Å². The fraction of sp³-hybridized carbons (Fsp3) is 0.146. The highest BCUT2D eigenvalue weighted by atomic mass is 15.0. The Morgan fingerprint density at radius 1 is 0.396 bits per heavy atom. The molecule has 2 aromatic heterocycles. The second-order valence-electron chi connectivity index (χ2n) is 15.0. The molecule has 0 saturated heterocycles. The molecule has 0 spiro atoms. The Kier molecular flexibility index (Phi) is 6.78. The molecule has 6 aromatic carbocycles. The van der Waals surface area contributed by atoms with Crippen LogP contribution in [0.3, 0.4) is 0 Å². The number of nitrogens with zero attached hydrogens (tertiary/aromatic N) is 5. The minimum Gasteiger partial charge on any atom is -0.228 e. The van der Waals surface area contributed by atoms with Crippen molar-refractivity contribution in [3.8, 4) is 68.1 Å². The molecule has 0 amide bonds. The molecule has 5 nitrogen and oxygen atoms in total. The Morgan fingerprint density at radius 2 is 0.868 bits per heavy atom. The predicted octanol–water partition coefficient (Wildman–Crippen LogP) is 11.1. The van der Waals surface area contributed by atoms with Crippen molar-refractivity contribution in [3.05, 3.63) is 163 Å². The third kappa shape index (κ3) is 4.87. The molecule has 0 radical (unpaired) electrons. The molecule has 0 aliphatic heterocycles. The van der Waals surface area contributed by atoms with Gasteiger partial charge in [0.2, 0.25) is 0 Å². The van der Waals surface area contributed by atoms with Gasteiger partial charge in [0.1, 0.15) is 0 Å². The first-order valence-electron chi connectivity index (χ1n) is 18.7. The number of aromatic nitrogens is 5. The Balaban J connectivity index is 1.06. The van der Waals surface area contributed by atoms with Crippen LogP contribution in [0, 0.1) is 17.8 Å². The van der Waals surface area contributed by atoms with E-state index in [2.05, 4.69) is 91.0 Å². The maximum atomic E-state index is 5.33. The number of hydrogen-bond acceptors (Lipinski definition) is 5. The van der Waals surface area contributed by atoms with Gasteiger partial charge in [-0.05, 0) is 70.9 Å². The molecule has 3 aliphatic carbocycles. The Bertz CT molecular complexity index is 2600. The zero-order chi connectivity index (χ0) is 34.9. The molecular weight excluding hydrogens is 647 g/mol. The summed E-state index contributed by atoms with van der Waals surface area (Å²) in [5.74, 6) is 5.41. The number of rotatable bonds is 7. The number of fused-ring (bicyclic) bond motifs is 1. The molecule has 3 fully saturated rings. The fourth-order valence-electron chi connectivity index (χ4n) is 9.68. The van der Waals surface area contributed by atoms with E-state index in [1.54, 1.807) is 0 Å².